The molecule has 0 saturated carbocycles. The van der Waals surface area contributed by atoms with Gasteiger partial charge in [0.2, 0.25) is 10.0 Å². The van der Waals surface area contributed by atoms with Crippen molar-refractivity contribution < 1.29 is 27.4 Å². The van der Waals surface area contributed by atoms with E-state index in [1.807, 2.05) is 12.1 Å². The Morgan fingerprint density at radius 3 is 2.38 bits per heavy atom. The summed E-state index contributed by atoms with van der Waals surface area (Å²) in [4.78, 5) is 12.6. The second-order valence-corrected chi connectivity index (χ2v) is 9.37. The van der Waals surface area contributed by atoms with Crippen molar-refractivity contribution in [3.63, 3.8) is 0 Å². The van der Waals surface area contributed by atoms with E-state index in [9.17, 15) is 13.2 Å². The van der Waals surface area contributed by atoms with Crippen molar-refractivity contribution in [1.29, 1.82) is 0 Å². The van der Waals surface area contributed by atoms with Crippen LogP contribution in [0.1, 0.15) is 36.0 Å². The fourth-order valence-corrected chi connectivity index (χ4v) is 5.27. The fraction of sp³-hybridized carbons (Fsp3) is 0.435. The molecular weight excluding hydrogens is 432 g/mol. The maximum absolute atomic E-state index is 13.2. The van der Waals surface area contributed by atoms with Gasteiger partial charge in [0.1, 0.15) is 28.8 Å². The second-order valence-electron chi connectivity index (χ2n) is 7.47. The quantitative estimate of drug-likeness (QED) is 0.576. The van der Waals surface area contributed by atoms with Crippen LogP contribution in [0.4, 0.5) is 0 Å². The number of carbonyl (C=O) groups is 1. The van der Waals surface area contributed by atoms with Crippen LogP contribution < -0.4 is 19.5 Å². The predicted molar refractivity (Wildman–Crippen MR) is 121 cm³/mol. The minimum Gasteiger partial charge on any atom is -0.497 e. The van der Waals surface area contributed by atoms with Crippen molar-refractivity contribution in [1.82, 2.24) is 9.62 Å². The summed E-state index contributed by atoms with van der Waals surface area (Å²) < 4.78 is 44.0. The molecule has 0 unspecified atom stereocenters. The van der Waals surface area contributed by atoms with E-state index in [1.54, 1.807) is 25.3 Å². The topological polar surface area (TPSA) is 94.2 Å². The highest BCUT2D eigenvalue weighted by Crippen LogP contribution is 2.29. The monoisotopic (exact) mass is 462 g/mol. The Morgan fingerprint density at radius 1 is 0.969 bits per heavy atom. The lowest BCUT2D eigenvalue weighted by Gasteiger charge is -2.21. The van der Waals surface area contributed by atoms with Gasteiger partial charge in [0.25, 0.3) is 5.91 Å². The Kier molecular flexibility index (Phi) is 8.35. The summed E-state index contributed by atoms with van der Waals surface area (Å²) in [6, 6.07) is 11.6. The standard InChI is InChI=1S/C23H30N2O6S/c1-29-19-8-7-9-20(17-19)31-15-12-24-23(26)18-10-11-21(30-2)22(16-18)32(27,28)25-13-5-3-4-6-14-25/h7-11,16-17H,3-6,12-15H2,1-2H3,(H,24,26). The first kappa shape index (κ1) is 23.9. The third-order valence-corrected chi connectivity index (χ3v) is 7.23. The molecule has 1 aliphatic heterocycles. The molecule has 0 aliphatic carbocycles. The zero-order valence-corrected chi connectivity index (χ0v) is 19.3. The van der Waals surface area contributed by atoms with E-state index in [0.717, 1.165) is 25.7 Å². The second kappa shape index (κ2) is 11.2. The molecule has 1 amide bonds. The van der Waals surface area contributed by atoms with Gasteiger partial charge in [-0.15, -0.1) is 0 Å². The van der Waals surface area contributed by atoms with E-state index in [4.69, 9.17) is 14.2 Å². The minimum atomic E-state index is -3.76. The molecule has 1 N–H and O–H groups in total. The SMILES string of the molecule is COc1cccc(OCCNC(=O)c2ccc(OC)c(S(=O)(=O)N3CCCCCC3)c2)c1. The van der Waals surface area contributed by atoms with Crippen LogP contribution in [-0.4, -0.2) is 59.1 Å². The molecule has 2 aromatic carbocycles. The van der Waals surface area contributed by atoms with E-state index in [-0.39, 0.29) is 35.3 Å². The van der Waals surface area contributed by atoms with Crippen molar-refractivity contribution in [2.75, 3.05) is 40.5 Å². The van der Waals surface area contributed by atoms with Gasteiger partial charge in [-0.05, 0) is 43.2 Å². The van der Waals surface area contributed by atoms with Crippen LogP contribution in [0.25, 0.3) is 0 Å². The summed E-state index contributed by atoms with van der Waals surface area (Å²) in [6.07, 6.45) is 3.69. The van der Waals surface area contributed by atoms with E-state index < -0.39 is 10.0 Å². The summed E-state index contributed by atoms with van der Waals surface area (Å²) in [5, 5.41) is 2.76. The highest BCUT2D eigenvalue weighted by Gasteiger charge is 2.29. The summed E-state index contributed by atoms with van der Waals surface area (Å²) in [5.74, 6) is 1.16. The zero-order chi connectivity index (χ0) is 23.0. The normalized spacial score (nSPS) is 14.9. The molecule has 0 aromatic heterocycles. The number of ether oxygens (including phenoxy) is 3. The molecule has 0 spiro atoms. The lowest BCUT2D eigenvalue weighted by atomic mass is 10.2. The van der Waals surface area contributed by atoms with Gasteiger partial charge in [-0.1, -0.05) is 18.9 Å². The van der Waals surface area contributed by atoms with Crippen LogP contribution in [0.3, 0.4) is 0 Å². The van der Waals surface area contributed by atoms with Crippen molar-refractivity contribution in [3.8, 4) is 17.2 Å². The van der Waals surface area contributed by atoms with Crippen molar-refractivity contribution in [2.24, 2.45) is 0 Å². The molecule has 9 heteroatoms. The zero-order valence-electron chi connectivity index (χ0n) is 18.5. The van der Waals surface area contributed by atoms with Crippen LogP contribution in [-0.2, 0) is 10.0 Å². The number of rotatable bonds is 9. The number of hydrogen-bond donors (Lipinski definition) is 1. The molecule has 3 rings (SSSR count). The Labute approximate surface area is 189 Å². The van der Waals surface area contributed by atoms with Gasteiger partial charge in [-0.25, -0.2) is 8.42 Å². The van der Waals surface area contributed by atoms with Crippen LogP contribution in [0, 0.1) is 0 Å². The van der Waals surface area contributed by atoms with Gasteiger partial charge in [0.15, 0.2) is 0 Å². The van der Waals surface area contributed by atoms with Gasteiger partial charge in [0, 0.05) is 24.7 Å². The molecule has 8 nitrogen and oxygen atoms in total. The Balaban J connectivity index is 1.66. The van der Waals surface area contributed by atoms with Crippen LogP contribution in [0.2, 0.25) is 0 Å². The van der Waals surface area contributed by atoms with E-state index >= 15 is 0 Å². The van der Waals surface area contributed by atoms with Gasteiger partial charge in [-0.2, -0.15) is 4.31 Å². The Hall–Kier alpha value is -2.78. The first-order valence-electron chi connectivity index (χ1n) is 10.7. The largest absolute Gasteiger partial charge is 0.497 e. The number of carbonyl (C=O) groups excluding carboxylic acids is 1. The van der Waals surface area contributed by atoms with Crippen LogP contribution >= 0.6 is 0 Å². The molecule has 32 heavy (non-hydrogen) atoms. The molecular formula is C23H30N2O6S. The summed E-state index contributed by atoms with van der Waals surface area (Å²) >= 11 is 0. The number of nitrogens with one attached hydrogen (secondary N) is 1. The number of methoxy groups -OCH3 is 2. The highest BCUT2D eigenvalue weighted by molar-refractivity contribution is 7.89. The minimum absolute atomic E-state index is 0.0159. The summed E-state index contributed by atoms with van der Waals surface area (Å²) in [6.45, 7) is 1.47. The molecule has 174 valence electrons. The van der Waals surface area contributed by atoms with E-state index in [0.29, 0.717) is 24.6 Å². The highest BCUT2D eigenvalue weighted by atomic mass is 32.2. The third-order valence-electron chi connectivity index (χ3n) is 5.31. The predicted octanol–water partition coefficient (Wildman–Crippen LogP) is 3.08. The van der Waals surface area contributed by atoms with E-state index in [2.05, 4.69) is 5.32 Å². The Bertz CT molecular complexity index is 1020. The molecule has 0 atom stereocenters. The lowest BCUT2D eigenvalue weighted by Crippen LogP contribution is -2.33. The van der Waals surface area contributed by atoms with Gasteiger partial charge in [-0.3, -0.25) is 4.79 Å². The van der Waals surface area contributed by atoms with Crippen molar-refractivity contribution in [2.45, 2.75) is 30.6 Å². The lowest BCUT2D eigenvalue weighted by molar-refractivity contribution is 0.0946. The molecule has 1 fully saturated rings. The summed E-state index contributed by atoms with van der Waals surface area (Å²) in [5.41, 5.74) is 0.251. The first-order valence-corrected chi connectivity index (χ1v) is 12.1. The maximum atomic E-state index is 13.2. The molecule has 0 radical (unpaired) electrons. The van der Waals surface area contributed by atoms with Crippen molar-refractivity contribution >= 4 is 15.9 Å². The fourth-order valence-electron chi connectivity index (χ4n) is 3.57. The molecule has 2 aromatic rings. The van der Waals surface area contributed by atoms with Gasteiger partial charge >= 0.3 is 0 Å². The number of amides is 1. The number of hydrogen-bond acceptors (Lipinski definition) is 6. The molecule has 1 aliphatic rings. The smallest absolute Gasteiger partial charge is 0.251 e. The van der Waals surface area contributed by atoms with Gasteiger partial charge in [0.05, 0.1) is 20.8 Å². The summed E-state index contributed by atoms with van der Waals surface area (Å²) in [7, 11) is -0.758. The number of sulfonamides is 1. The number of nitrogens with zero attached hydrogens (tertiary/aromatic N) is 1. The van der Waals surface area contributed by atoms with Gasteiger partial charge < -0.3 is 19.5 Å². The van der Waals surface area contributed by atoms with E-state index in [1.165, 1.54) is 23.5 Å². The average Bonchev–Trinajstić information content (AvgIpc) is 3.11. The molecule has 1 heterocycles. The first-order chi connectivity index (χ1) is 15.5. The maximum Gasteiger partial charge on any atom is 0.251 e. The average molecular weight is 463 g/mol. The third kappa shape index (κ3) is 5.92. The van der Waals surface area contributed by atoms with Crippen LogP contribution in [0.5, 0.6) is 17.2 Å². The molecule has 0 bridgehead atoms. The van der Waals surface area contributed by atoms with Crippen molar-refractivity contribution in [3.05, 3.63) is 48.0 Å². The number of benzene rings is 2. The molecule has 1 saturated heterocycles. The van der Waals surface area contributed by atoms with Crippen LogP contribution in [0.15, 0.2) is 47.4 Å². The Morgan fingerprint density at radius 2 is 1.69 bits per heavy atom.